The highest BCUT2D eigenvalue weighted by molar-refractivity contribution is 5.14. The maximum absolute atomic E-state index is 9.16. The zero-order valence-corrected chi connectivity index (χ0v) is 7.79. The Morgan fingerprint density at radius 2 is 2.25 bits per heavy atom. The molecule has 1 saturated carbocycles. The van der Waals surface area contributed by atoms with E-state index in [2.05, 4.69) is 13.0 Å². The summed E-state index contributed by atoms with van der Waals surface area (Å²) >= 11 is 0. The molecule has 0 aromatic carbocycles. The van der Waals surface area contributed by atoms with Crippen LogP contribution in [0.15, 0.2) is 11.6 Å². The Hall–Kier alpha value is -0.300. The van der Waals surface area contributed by atoms with Gasteiger partial charge in [0.2, 0.25) is 0 Å². The van der Waals surface area contributed by atoms with Gasteiger partial charge in [0.15, 0.2) is 0 Å². The summed E-state index contributed by atoms with van der Waals surface area (Å²) in [4.78, 5) is 0. The van der Waals surface area contributed by atoms with Gasteiger partial charge in [-0.05, 0) is 49.0 Å². The van der Waals surface area contributed by atoms with E-state index in [9.17, 15) is 0 Å². The van der Waals surface area contributed by atoms with Gasteiger partial charge >= 0.3 is 0 Å². The Morgan fingerprint density at radius 1 is 1.42 bits per heavy atom. The van der Waals surface area contributed by atoms with E-state index in [0.717, 1.165) is 17.8 Å². The van der Waals surface area contributed by atoms with Crippen molar-refractivity contribution < 1.29 is 5.11 Å². The van der Waals surface area contributed by atoms with Crippen molar-refractivity contribution in [2.45, 2.75) is 32.6 Å². The van der Waals surface area contributed by atoms with Gasteiger partial charge in [0, 0.05) is 0 Å². The summed E-state index contributed by atoms with van der Waals surface area (Å²) in [6.45, 7) is 2.67. The normalized spacial score (nSPS) is 40.8. The summed E-state index contributed by atoms with van der Waals surface area (Å²) in [6.07, 6.45) is 7.50. The molecule has 2 aliphatic rings. The summed E-state index contributed by atoms with van der Waals surface area (Å²) in [5.74, 6) is 2.51. The van der Waals surface area contributed by atoms with Gasteiger partial charge in [0.1, 0.15) is 0 Å². The predicted octanol–water partition coefficient (Wildman–Crippen LogP) is 2.36. The molecule has 0 radical (unpaired) electrons. The third-order valence-electron chi connectivity index (χ3n) is 3.75. The standard InChI is InChI=1S/C11H18O/c1-8-5-6-11-9(7-12)3-2-4-10(8)11/h3,8,10-12H,2,4-7H2,1H3/t8-,10+,11+/m0/s1. The second kappa shape index (κ2) is 3.21. The van der Waals surface area contributed by atoms with Crippen LogP contribution in [0.2, 0.25) is 0 Å². The fraction of sp³-hybridized carbons (Fsp3) is 0.818. The molecule has 1 N–H and O–H groups in total. The van der Waals surface area contributed by atoms with E-state index in [0.29, 0.717) is 6.61 Å². The SMILES string of the molecule is C[C@H]1CC[C@@H]2C(CO)=CCC[C@@H]21. The fourth-order valence-corrected chi connectivity index (χ4v) is 3.01. The zero-order valence-electron chi connectivity index (χ0n) is 7.79. The van der Waals surface area contributed by atoms with Crippen LogP contribution in [0.4, 0.5) is 0 Å². The highest BCUT2D eigenvalue weighted by Crippen LogP contribution is 2.45. The van der Waals surface area contributed by atoms with E-state index >= 15 is 0 Å². The lowest BCUT2D eigenvalue weighted by Crippen LogP contribution is -2.20. The molecule has 2 aliphatic carbocycles. The Balaban J connectivity index is 2.15. The van der Waals surface area contributed by atoms with Crippen molar-refractivity contribution in [3.05, 3.63) is 11.6 Å². The van der Waals surface area contributed by atoms with Gasteiger partial charge in [-0.3, -0.25) is 0 Å². The van der Waals surface area contributed by atoms with Crippen LogP contribution in [0.25, 0.3) is 0 Å². The number of hydrogen-bond acceptors (Lipinski definition) is 1. The minimum absolute atomic E-state index is 0.299. The van der Waals surface area contributed by atoms with Crippen molar-refractivity contribution in [2.75, 3.05) is 6.61 Å². The molecule has 12 heavy (non-hydrogen) atoms. The number of fused-ring (bicyclic) bond motifs is 1. The first-order valence-electron chi connectivity index (χ1n) is 5.12. The van der Waals surface area contributed by atoms with Crippen molar-refractivity contribution in [1.82, 2.24) is 0 Å². The van der Waals surface area contributed by atoms with Crippen LogP contribution >= 0.6 is 0 Å². The van der Waals surface area contributed by atoms with Crippen LogP contribution < -0.4 is 0 Å². The summed E-state index contributed by atoms with van der Waals surface area (Å²) in [5.41, 5.74) is 1.33. The number of rotatable bonds is 1. The molecule has 0 aromatic rings. The Labute approximate surface area is 74.5 Å². The molecule has 68 valence electrons. The highest BCUT2D eigenvalue weighted by Gasteiger charge is 2.36. The molecule has 0 bridgehead atoms. The molecule has 2 rings (SSSR count). The number of hydrogen-bond donors (Lipinski definition) is 1. The smallest absolute Gasteiger partial charge is 0.0644 e. The second-order valence-corrected chi connectivity index (χ2v) is 4.34. The molecule has 0 heterocycles. The summed E-state index contributed by atoms with van der Waals surface area (Å²) in [6, 6.07) is 0. The lowest BCUT2D eigenvalue weighted by Gasteiger charge is -2.28. The molecule has 1 heteroatoms. The summed E-state index contributed by atoms with van der Waals surface area (Å²) in [5, 5.41) is 9.16. The minimum Gasteiger partial charge on any atom is -0.392 e. The molecular formula is C11H18O. The molecule has 0 aromatic heterocycles. The second-order valence-electron chi connectivity index (χ2n) is 4.34. The monoisotopic (exact) mass is 166 g/mol. The fourth-order valence-electron chi connectivity index (χ4n) is 3.01. The summed E-state index contributed by atoms with van der Waals surface area (Å²) in [7, 11) is 0. The van der Waals surface area contributed by atoms with Crippen LogP contribution in [0.5, 0.6) is 0 Å². The first-order valence-corrected chi connectivity index (χ1v) is 5.12. The van der Waals surface area contributed by atoms with Gasteiger partial charge < -0.3 is 5.11 Å². The average Bonchev–Trinajstić information content (AvgIpc) is 2.48. The van der Waals surface area contributed by atoms with Crippen LogP contribution in [0, 0.1) is 17.8 Å². The molecular weight excluding hydrogens is 148 g/mol. The van der Waals surface area contributed by atoms with Gasteiger partial charge in [0.05, 0.1) is 6.61 Å². The third kappa shape index (κ3) is 1.20. The Bertz CT molecular complexity index is 195. The van der Waals surface area contributed by atoms with Crippen molar-refractivity contribution in [1.29, 1.82) is 0 Å². The molecule has 0 spiro atoms. The first-order chi connectivity index (χ1) is 5.83. The number of aliphatic hydroxyl groups is 1. The largest absolute Gasteiger partial charge is 0.392 e. The molecule has 1 fully saturated rings. The maximum atomic E-state index is 9.16. The maximum Gasteiger partial charge on any atom is 0.0644 e. The Morgan fingerprint density at radius 3 is 3.00 bits per heavy atom. The predicted molar refractivity (Wildman–Crippen MR) is 49.8 cm³/mol. The van der Waals surface area contributed by atoms with Gasteiger partial charge in [-0.1, -0.05) is 13.0 Å². The van der Waals surface area contributed by atoms with Crippen molar-refractivity contribution in [3.8, 4) is 0 Å². The molecule has 0 amide bonds. The van der Waals surface area contributed by atoms with Gasteiger partial charge in [-0.25, -0.2) is 0 Å². The van der Waals surface area contributed by atoms with Crippen molar-refractivity contribution in [3.63, 3.8) is 0 Å². The van der Waals surface area contributed by atoms with E-state index in [1.807, 2.05) is 0 Å². The lowest BCUT2D eigenvalue weighted by molar-refractivity contribution is 0.266. The third-order valence-corrected chi connectivity index (χ3v) is 3.75. The van der Waals surface area contributed by atoms with Gasteiger partial charge in [-0.15, -0.1) is 0 Å². The highest BCUT2D eigenvalue weighted by atomic mass is 16.3. The van der Waals surface area contributed by atoms with E-state index in [1.54, 1.807) is 0 Å². The molecule has 0 unspecified atom stereocenters. The van der Waals surface area contributed by atoms with Crippen LogP contribution in [-0.2, 0) is 0 Å². The first kappa shape index (κ1) is 8.31. The van der Waals surface area contributed by atoms with E-state index in [4.69, 9.17) is 5.11 Å². The van der Waals surface area contributed by atoms with Gasteiger partial charge in [-0.2, -0.15) is 0 Å². The molecule has 0 aliphatic heterocycles. The Kier molecular flexibility index (Phi) is 2.22. The lowest BCUT2D eigenvalue weighted by atomic mass is 9.78. The van der Waals surface area contributed by atoms with E-state index in [1.165, 1.54) is 31.3 Å². The van der Waals surface area contributed by atoms with Crippen molar-refractivity contribution >= 4 is 0 Å². The van der Waals surface area contributed by atoms with Crippen LogP contribution in [0.3, 0.4) is 0 Å². The topological polar surface area (TPSA) is 20.2 Å². The van der Waals surface area contributed by atoms with Crippen LogP contribution in [-0.4, -0.2) is 11.7 Å². The van der Waals surface area contributed by atoms with Gasteiger partial charge in [0.25, 0.3) is 0 Å². The van der Waals surface area contributed by atoms with Crippen molar-refractivity contribution in [2.24, 2.45) is 17.8 Å². The number of aliphatic hydroxyl groups excluding tert-OH is 1. The minimum atomic E-state index is 0.299. The quantitative estimate of drug-likeness (QED) is 0.593. The molecule has 1 nitrogen and oxygen atoms in total. The van der Waals surface area contributed by atoms with Crippen LogP contribution in [0.1, 0.15) is 32.6 Å². The average molecular weight is 166 g/mol. The van der Waals surface area contributed by atoms with E-state index < -0.39 is 0 Å². The molecule has 0 saturated heterocycles. The zero-order chi connectivity index (χ0) is 8.55. The molecule has 3 atom stereocenters. The van der Waals surface area contributed by atoms with E-state index in [-0.39, 0.29) is 0 Å². The number of allylic oxidation sites excluding steroid dienone is 1. The summed E-state index contributed by atoms with van der Waals surface area (Å²) < 4.78 is 0.